The van der Waals surface area contributed by atoms with Crippen molar-refractivity contribution in [2.75, 3.05) is 52.4 Å². The van der Waals surface area contributed by atoms with Gasteiger partial charge in [0.2, 0.25) is 11.8 Å². The minimum Gasteiger partial charge on any atom is -0.396 e. The quantitative estimate of drug-likeness (QED) is 0.414. The molecule has 1 aromatic carbocycles. The zero-order valence-corrected chi connectivity index (χ0v) is 21.3. The number of rotatable bonds is 8. The Morgan fingerprint density at radius 3 is 2.62 bits per heavy atom. The highest BCUT2D eigenvalue weighted by molar-refractivity contribution is 6.42. The summed E-state index contributed by atoms with van der Waals surface area (Å²) in [5, 5.41) is 20.7. The van der Waals surface area contributed by atoms with Crippen molar-refractivity contribution in [3.05, 3.63) is 39.9 Å². The number of β-amino-alcohol motifs (C(OH)–C–C–N with tert-alkyl or cyclic N) is 1. The number of nitrogens with zero attached hydrogens (tertiary/aromatic N) is 3. The molecule has 2 atom stereocenters. The van der Waals surface area contributed by atoms with Crippen LogP contribution in [0.2, 0.25) is 10.0 Å². The monoisotopic (exact) mass is 511 g/mol. The van der Waals surface area contributed by atoms with Gasteiger partial charge in [0.1, 0.15) is 0 Å². The SMILES string of the molecule is C[C@@]1(CO)CCN(CCCCN2CCN(C(=O)C=Cc3ccc(Cl)c(Cl)c3)CCC2=O)C[C@@H]1O. The van der Waals surface area contributed by atoms with E-state index in [1.165, 1.54) is 6.08 Å². The molecular formula is C25H35Cl2N3O4. The van der Waals surface area contributed by atoms with E-state index in [0.29, 0.717) is 49.2 Å². The Labute approximate surface area is 211 Å². The lowest BCUT2D eigenvalue weighted by atomic mass is 9.79. The first kappa shape index (κ1) is 27.0. The Bertz CT molecular complexity index is 897. The van der Waals surface area contributed by atoms with E-state index in [4.69, 9.17) is 23.2 Å². The van der Waals surface area contributed by atoms with Crippen LogP contribution in [0.1, 0.15) is 38.2 Å². The van der Waals surface area contributed by atoms with Gasteiger partial charge in [0.15, 0.2) is 0 Å². The average molecular weight is 512 g/mol. The van der Waals surface area contributed by atoms with E-state index in [2.05, 4.69) is 4.90 Å². The number of amides is 2. The van der Waals surface area contributed by atoms with Crippen LogP contribution < -0.4 is 0 Å². The van der Waals surface area contributed by atoms with E-state index in [0.717, 1.165) is 37.9 Å². The number of likely N-dealkylation sites (tertiary alicyclic amines) is 1. The predicted octanol–water partition coefficient (Wildman–Crippen LogP) is 2.91. The molecule has 0 bridgehead atoms. The third kappa shape index (κ3) is 7.18. The lowest BCUT2D eigenvalue weighted by molar-refractivity contribution is -0.130. The molecule has 0 aliphatic carbocycles. The third-order valence-electron chi connectivity index (χ3n) is 7.01. The number of piperidine rings is 1. The van der Waals surface area contributed by atoms with Crippen LogP contribution in [0, 0.1) is 5.41 Å². The number of carbonyl (C=O) groups excluding carboxylic acids is 2. The van der Waals surface area contributed by atoms with Crippen molar-refractivity contribution in [3.8, 4) is 0 Å². The second-order valence-corrected chi connectivity index (χ2v) is 10.4. The van der Waals surface area contributed by atoms with Crippen LogP contribution in [0.5, 0.6) is 0 Å². The van der Waals surface area contributed by atoms with Crippen LogP contribution in [0.15, 0.2) is 24.3 Å². The molecular weight excluding hydrogens is 477 g/mol. The molecule has 2 aliphatic rings. The van der Waals surface area contributed by atoms with Crippen molar-refractivity contribution in [1.29, 1.82) is 0 Å². The first-order valence-electron chi connectivity index (χ1n) is 11.9. The largest absolute Gasteiger partial charge is 0.396 e. The van der Waals surface area contributed by atoms with E-state index >= 15 is 0 Å². The Morgan fingerprint density at radius 1 is 1.15 bits per heavy atom. The molecule has 3 rings (SSSR count). The molecule has 1 aromatic rings. The number of aliphatic hydroxyl groups is 2. The van der Waals surface area contributed by atoms with Gasteiger partial charge < -0.3 is 24.9 Å². The minimum atomic E-state index is -0.521. The van der Waals surface area contributed by atoms with Gasteiger partial charge in [-0.15, -0.1) is 0 Å². The molecule has 2 N–H and O–H groups in total. The summed E-state index contributed by atoms with van der Waals surface area (Å²) in [7, 11) is 0. The van der Waals surface area contributed by atoms with Gasteiger partial charge in [0, 0.05) is 50.6 Å². The maximum Gasteiger partial charge on any atom is 0.246 e. The van der Waals surface area contributed by atoms with Gasteiger partial charge in [-0.2, -0.15) is 0 Å². The van der Waals surface area contributed by atoms with E-state index in [1.54, 1.807) is 29.2 Å². The summed E-state index contributed by atoms with van der Waals surface area (Å²) in [6.07, 6.45) is 5.60. The van der Waals surface area contributed by atoms with Gasteiger partial charge in [-0.05, 0) is 56.1 Å². The van der Waals surface area contributed by atoms with Crippen LogP contribution in [0.4, 0.5) is 0 Å². The molecule has 188 valence electrons. The van der Waals surface area contributed by atoms with Crippen molar-refractivity contribution in [2.45, 2.75) is 38.7 Å². The molecule has 0 aromatic heterocycles. The average Bonchev–Trinajstić information content (AvgIpc) is 3.01. The summed E-state index contributed by atoms with van der Waals surface area (Å²) < 4.78 is 0. The molecule has 2 amide bonds. The van der Waals surface area contributed by atoms with Crippen molar-refractivity contribution >= 4 is 41.1 Å². The van der Waals surface area contributed by atoms with E-state index in [1.807, 2.05) is 11.8 Å². The summed E-state index contributed by atoms with van der Waals surface area (Å²) in [6.45, 7) is 6.36. The maximum absolute atomic E-state index is 12.6. The van der Waals surface area contributed by atoms with Crippen molar-refractivity contribution < 1.29 is 19.8 Å². The van der Waals surface area contributed by atoms with Crippen LogP contribution in [0.3, 0.4) is 0 Å². The number of hydrogen-bond donors (Lipinski definition) is 2. The van der Waals surface area contributed by atoms with Gasteiger partial charge in [0.05, 0.1) is 22.8 Å². The highest BCUT2D eigenvalue weighted by Crippen LogP contribution is 2.30. The molecule has 9 heteroatoms. The fraction of sp³-hybridized carbons (Fsp3) is 0.600. The van der Waals surface area contributed by atoms with Crippen LogP contribution in [-0.2, 0) is 9.59 Å². The van der Waals surface area contributed by atoms with E-state index < -0.39 is 11.5 Å². The summed E-state index contributed by atoms with van der Waals surface area (Å²) in [5.74, 6) is -0.0462. The molecule has 0 saturated carbocycles. The first-order valence-corrected chi connectivity index (χ1v) is 12.7. The van der Waals surface area contributed by atoms with Gasteiger partial charge in [0.25, 0.3) is 0 Å². The predicted molar refractivity (Wildman–Crippen MR) is 135 cm³/mol. The summed E-state index contributed by atoms with van der Waals surface area (Å²) in [5.41, 5.74) is 0.382. The number of halogens is 2. The van der Waals surface area contributed by atoms with Gasteiger partial charge in [-0.3, -0.25) is 9.59 Å². The minimum absolute atomic E-state index is 0.00384. The highest BCUT2D eigenvalue weighted by atomic mass is 35.5. The molecule has 34 heavy (non-hydrogen) atoms. The van der Waals surface area contributed by atoms with Crippen molar-refractivity contribution in [3.63, 3.8) is 0 Å². The first-order chi connectivity index (χ1) is 16.2. The maximum atomic E-state index is 12.6. The molecule has 0 radical (unpaired) electrons. The standard InChI is InChI=1S/C25H35Cl2N3O4/c1-25(18-31)9-13-28(17-22(25)32)10-2-3-11-29-14-15-30(12-8-24(29)34)23(33)7-5-19-4-6-20(26)21(27)16-19/h4-7,16,22,31-32H,2-3,8-15,17-18H2,1H3/t22-,25-/m0/s1. The van der Waals surface area contributed by atoms with Gasteiger partial charge in [-0.25, -0.2) is 0 Å². The Kier molecular flexibility index (Phi) is 9.80. The lowest BCUT2D eigenvalue weighted by Gasteiger charge is -2.42. The van der Waals surface area contributed by atoms with Crippen molar-refractivity contribution in [2.24, 2.45) is 5.41 Å². The zero-order chi connectivity index (χ0) is 24.7. The zero-order valence-electron chi connectivity index (χ0n) is 19.8. The van der Waals surface area contributed by atoms with E-state index in [-0.39, 0.29) is 18.4 Å². The van der Waals surface area contributed by atoms with Gasteiger partial charge >= 0.3 is 0 Å². The summed E-state index contributed by atoms with van der Waals surface area (Å²) >= 11 is 12.0. The Morgan fingerprint density at radius 2 is 1.91 bits per heavy atom. The Hall–Kier alpha value is -1.64. The second kappa shape index (κ2) is 12.4. The fourth-order valence-corrected chi connectivity index (χ4v) is 4.68. The second-order valence-electron chi connectivity index (χ2n) is 9.55. The molecule has 2 fully saturated rings. The molecule has 0 unspecified atom stereocenters. The normalized spacial score (nSPS) is 24.6. The lowest BCUT2D eigenvalue weighted by Crippen LogP contribution is -2.51. The molecule has 2 heterocycles. The molecule has 2 aliphatic heterocycles. The topological polar surface area (TPSA) is 84.3 Å². The Balaban J connectivity index is 1.41. The highest BCUT2D eigenvalue weighted by Gasteiger charge is 2.37. The number of unbranched alkanes of at least 4 members (excludes halogenated alkanes) is 1. The third-order valence-corrected chi connectivity index (χ3v) is 7.75. The van der Waals surface area contributed by atoms with Crippen LogP contribution in [0.25, 0.3) is 6.08 Å². The number of benzene rings is 1. The number of carbonyl (C=O) groups is 2. The summed E-state index contributed by atoms with van der Waals surface area (Å²) in [4.78, 5) is 31.0. The van der Waals surface area contributed by atoms with Crippen LogP contribution in [-0.4, -0.2) is 95.3 Å². The number of aliphatic hydroxyl groups excluding tert-OH is 2. The number of hydrogen-bond acceptors (Lipinski definition) is 5. The van der Waals surface area contributed by atoms with Crippen LogP contribution >= 0.6 is 23.2 Å². The molecule has 7 nitrogen and oxygen atoms in total. The summed E-state index contributed by atoms with van der Waals surface area (Å²) in [6, 6.07) is 5.19. The van der Waals surface area contributed by atoms with Crippen molar-refractivity contribution in [1.82, 2.24) is 14.7 Å². The van der Waals surface area contributed by atoms with E-state index in [9.17, 15) is 19.8 Å². The fourth-order valence-electron chi connectivity index (χ4n) is 4.37. The smallest absolute Gasteiger partial charge is 0.246 e. The van der Waals surface area contributed by atoms with Gasteiger partial charge in [-0.1, -0.05) is 36.2 Å². The molecule has 2 saturated heterocycles. The molecule has 0 spiro atoms.